The molecule has 1 atom stereocenters. The minimum Gasteiger partial charge on any atom is -0.316 e. The van der Waals surface area contributed by atoms with Gasteiger partial charge in [-0.1, -0.05) is 38.3 Å². The van der Waals surface area contributed by atoms with Crippen LogP contribution in [0.25, 0.3) is 0 Å². The topological polar surface area (TPSA) is 12.0 Å². The van der Waals surface area contributed by atoms with Crippen LogP contribution in [0, 0.1) is 5.92 Å². The van der Waals surface area contributed by atoms with Gasteiger partial charge in [0.2, 0.25) is 0 Å². The second-order valence-corrected chi connectivity index (χ2v) is 5.68. The molecule has 0 saturated heterocycles. The van der Waals surface area contributed by atoms with Crippen LogP contribution in [0.15, 0.2) is 12.1 Å². The third kappa shape index (κ3) is 3.78. The van der Waals surface area contributed by atoms with Crippen LogP contribution in [0.1, 0.15) is 31.6 Å². The highest BCUT2D eigenvalue weighted by molar-refractivity contribution is 7.16. The highest BCUT2D eigenvalue weighted by Crippen LogP contribution is 2.25. The maximum atomic E-state index is 5.93. The van der Waals surface area contributed by atoms with E-state index >= 15 is 0 Å². The van der Waals surface area contributed by atoms with E-state index in [9.17, 15) is 0 Å². The predicted octanol–water partition coefficient (Wildman–Crippen LogP) is 3.97. The minimum atomic E-state index is 0.578. The van der Waals surface area contributed by atoms with Crippen LogP contribution in [0.2, 0.25) is 4.34 Å². The van der Waals surface area contributed by atoms with Gasteiger partial charge in [-0.25, -0.2) is 0 Å². The summed E-state index contributed by atoms with van der Waals surface area (Å²) in [7, 11) is 2.05. The molecule has 0 bridgehead atoms. The summed E-state index contributed by atoms with van der Waals surface area (Å²) < 4.78 is 0.893. The number of likely N-dealkylation sites (N-methyl/N-ethyl adjacent to an activating group) is 1. The average Bonchev–Trinajstić information content (AvgIpc) is 2.64. The fourth-order valence-electron chi connectivity index (χ4n) is 2.04. The molecule has 0 amide bonds. The molecule has 0 aliphatic rings. The molecule has 86 valence electrons. The summed E-state index contributed by atoms with van der Waals surface area (Å²) in [4.78, 5) is 1.38. The lowest BCUT2D eigenvalue weighted by atomic mass is 9.91. The van der Waals surface area contributed by atoms with Gasteiger partial charge >= 0.3 is 0 Å². The lowest BCUT2D eigenvalue weighted by Crippen LogP contribution is -2.34. The number of thiophene rings is 1. The molecule has 1 aromatic rings. The Morgan fingerprint density at radius 3 is 2.40 bits per heavy atom. The first-order valence-electron chi connectivity index (χ1n) is 5.62. The standard InChI is InChI=1S/C12H20ClNS/c1-4-9(5-2)11(14-3)8-10-6-7-12(13)15-10/h6-7,9,11,14H,4-5,8H2,1-3H3. The molecule has 1 unspecified atom stereocenters. The molecule has 0 radical (unpaired) electrons. The normalized spacial score (nSPS) is 13.4. The fraction of sp³-hybridized carbons (Fsp3) is 0.667. The van der Waals surface area contributed by atoms with Crippen LogP contribution in [-0.4, -0.2) is 13.1 Å². The first kappa shape index (κ1) is 13.0. The third-order valence-corrected chi connectivity index (χ3v) is 4.29. The molecule has 0 fully saturated rings. The van der Waals surface area contributed by atoms with Gasteiger partial charge in [-0.2, -0.15) is 0 Å². The van der Waals surface area contributed by atoms with Crippen LogP contribution in [0.4, 0.5) is 0 Å². The molecule has 3 heteroatoms. The zero-order valence-electron chi connectivity index (χ0n) is 9.72. The van der Waals surface area contributed by atoms with E-state index in [1.54, 1.807) is 11.3 Å². The Balaban J connectivity index is 2.60. The highest BCUT2D eigenvalue weighted by Gasteiger charge is 2.17. The first-order chi connectivity index (χ1) is 7.21. The van der Waals surface area contributed by atoms with Gasteiger partial charge in [-0.05, 0) is 31.5 Å². The highest BCUT2D eigenvalue weighted by atomic mass is 35.5. The van der Waals surface area contributed by atoms with E-state index < -0.39 is 0 Å². The Hall–Kier alpha value is -0.0500. The van der Waals surface area contributed by atoms with E-state index in [4.69, 9.17) is 11.6 Å². The van der Waals surface area contributed by atoms with Gasteiger partial charge < -0.3 is 5.32 Å². The molecule has 0 aliphatic carbocycles. The molecule has 0 saturated carbocycles. The van der Waals surface area contributed by atoms with Crippen LogP contribution in [0.3, 0.4) is 0 Å². The van der Waals surface area contributed by atoms with Crippen molar-refractivity contribution in [3.63, 3.8) is 0 Å². The van der Waals surface area contributed by atoms with Crippen molar-refractivity contribution in [3.05, 3.63) is 21.3 Å². The molecule has 1 aromatic heterocycles. The van der Waals surface area contributed by atoms with Crippen LogP contribution in [-0.2, 0) is 6.42 Å². The maximum absolute atomic E-state index is 5.93. The van der Waals surface area contributed by atoms with Gasteiger partial charge in [0.25, 0.3) is 0 Å². The van der Waals surface area contributed by atoms with E-state index in [1.165, 1.54) is 17.7 Å². The van der Waals surface area contributed by atoms with Crippen LogP contribution in [0.5, 0.6) is 0 Å². The second-order valence-electron chi connectivity index (χ2n) is 3.88. The zero-order chi connectivity index (χ0) is 11.3. The van der Waals surface area contributed by atoms with E-state index in [0.717, 1.165) is 16.7 Å². The number of hydrogen-bond acceptors (Lipinski definition) is 2. The second kappa shape index (κ2) is 6.51. The molecule has 0 spiro atoms. The van der Waals surface area contributed by atoms with Crippen LogP contribution >= 0.6 is 22.9 Å². The molecule has 1 heterocycles. The van der Waals surface area contributed by atoms with Crippen molar-refractivity contribution in [2.45, 2.75) is 39.2 Å². The van der Waals surface area contributed by atoms with Gasteiger partial charge in [-0.3, -0.25) is 0 Å². The summed E-state index contributed by atoms with van der Waals surface area (Å²) in [5, 5.41) is 3.43. The SMILES string of the molecule is CCC(CC)C(Cc1ccc(Cl)s1)NC. The predicted molar refractivity (Wildman–Crippen MR) is 70.0 cm³/mol. The van der Waals surface area contributed by atoms with Crippen molar-refractivity contribution >= 4 is 22.9 Å². The lowest BCUT2D eigenvalue weighted by molar-refractivity contribution is 0.350. The van der Waals surface area contributed by atoms with Gasteiger partial charge in [0.15, 0.2) is 0 Å². The van der Waals surface area contributed by atoms with E-state index in [2.05, 4.69) is 32.3 Å². The molecule has 1 N–H and O–H groups in total. The maximum Gasteiger partial charge on any atom is 0.0931 e. The Labute approximate surface area is 102 Å². The van der Waals surface area contributed by atoms with E-state index in [1.807, 2.05) is 6.07 Å². The van der Waals surface area contributed by atoms with E-state index in [0.29, 0.717) is 6.04 Å². The molecule has 1 rings (SSSR count). The molecular weight excluding hydrogens is 226 g/mol. The van der Waals surface area contributed by atoms with E-state index in [-0.39, 0.29) is 0 Å². The summed E-state index contributed by atoms with van der Waals surface area (Å²) in [6.07, 6.45) is 3.57. The number of halogens is 1. The average molecular weight is 246 g/mol. The number of rotatable bonds is 6. The van der Waals surface area contributed by atoms with Gasteiger partial charge in [-0.15, -0.1) is 11.3 Å². The Morgan fingerprint density at radius 1 is 1.33 bits per heavy atom. The summed E-state index contributed by atoms with van der Waals surface area (Å²) in [5.41, 5.74) is 0. The van der Waals surface area contributed by atoms with Crippen molar-refractivity contribution in [1.82, 2.24) is 5.32 Å². The molecule has 1 nitrogen and oxygen atoms in total. The monoisotopic (exact) mass is 245 g/mol. The van der Waals surface area contributed by atoms with Crippen molar-refractivity contribution in [1.29, 1.82) is 0 Å². The van der Waals surface area contributed by atoms with Crippen molar-refractivity contribution in [2.24, 2.45) is 5.92 Å². The Morgan fingerprint density at radius 2 is 2.00 bits per heavy atom. The number of hydrogen-bond donors (Lipinski definition) is 1. The fourth-order valence-corrected chi connectivity index (χ4v) is 3.19. The zero-order valence-corrected chi connectivity index (χ0v) is 11.3. The quantitative estimate of drug-likeness (QED) is 0.800. The lowest BCUT2D eigenvalue weighted by Gasteiger charge is -2.24. The van der Waals surface area contributed by atoms with Crippen molar-refractivity contribution in [2.75, 3.05) is 7.05 Å². The summed E-state index contributed by atoms with van der Waals surface area (Å²) in [5.74, 6) is 0.760. The van der Waals surface area contributed by atoms with Gasteiger partial charge in [0, 0.05) is 10.9 Å². The third-order valence-electron chi connectivity index (χ3n) is 3.04. The molecule has 0 aromatic carbocycles. The Bertz CT molecular complexity index is 281. The summed E-state index contributed by atoms with van der Waals surface area (Å²) >= 11 is 7.63. The van der Waals surface area contributed by atoms with Crippen molar-refractivity contribution < 1.29 is 0 Å². The minimum absolute atomic E-state index is 0.578. The number of nitrogens with one attached hydrogen (secondary N) is 1. The Kier molecular flexibility index (Phi) is 5.65. The largest absolute Gasteiger partial charge is 0.316 e. The van der Waals surface area contributed by atoms with Crippen LogP contribution < -0.4 is 5.32 Å². The molecule has 0 aliphatic heterocycles. The van der Waals surface area contributed by atoms with Crippen molar-refractivity contribution in [3.8, 4) is 0 Å². The molecular formula is C12H20ClNS. The summed E-state index contributed by atoms with van der Waals surface area (Å²) in [6, 6.07) is 4.70. The first-order valence-corrected chi connectivity index (χ1v) is 6.82. The van der Waals surface area contributed by atoms with Gasteiger partial charge in [0.1, 0.15) is 0 Å². The summed E-state index contributed by atoms with van der Waals surface area (Å²) in [6.45, 7) is 4.53. The van der Waals surface area contributed by atoms with Gasteiger partial charge in [0.05, 0.1) is 4.34 Å². The smallest absolute Gasteiger partial charge is 0.0931 e. The molecule has 15 heavy (non-hydrogen) atoms.